The first-order valence-electron chi connectivity index (χ1n) is 9.01. The van der Waals surface area contributed by atoms with Crippen LogP contribution in [0, 0.1) is 6.92 Å². The average molecular weight is 317 g/mol. The van der Waals surface area contributed by atoms with E-state index in [2.05, 4.69) is 59.9 Å². The molecular formula is C19H31N3O. The molecular weight excluding hydrogens is 286 g/mol. The molecule has 0 N–H and O–H groups in total. The number of piperazine rings is 1. The van der Waals surface area contributed by atoms with Crippen molar-refractivity contribution in [2.45, 2.75) is 32.5 Å². The van der Waals surface area contributed by atoms with Crippen LogP contribution in [0.3, 0.4) is 0 Å². The van der Waals surface area contributed by atoms with Gasteiger partial charge in [-0.3, -0.25) is 9.80 Å². The van der Waals surface area contributed by atoms with Gasteiger partial charge in [0.25, 0.3) is 0 Å². The van der Waals surface area contributed by atoms with Gasteiger partial charge in [-0.15, -0.1) is 0 Å². The van der Waals surface area contributed by atoms with Crippen LogP contribution in [-0.2, 0) is 4.74 Å². The Hall–Kier alpha value is -0.940. The highest BCUT2D eigenvalue weighted by atomic mass is 16.5. The Bertz CT molecular complexity index is 482. The summed E-state index contributed by atoms with van der Waals surface area (Å²) in [6.07, 6.45) is 1.57. The lowest BCUT2D eigenvalue weighted by Crippen LogP contribution is -2.60. The molecule has 0 bridgehead atoms. The summed E-state index contributed by atoms with van der Waals surface area (Å²) in [5.74, 6) is 0. The highest BCUT2D eigenvalue weighted by Crippen LogP contribution is 2.29. The summed E-state index contributed by atoms with van der Waals surface area (Å²) in [5.41, 5.74) is 2.78. The fourth-order valence-electron chi connectivity index (χ4n) is 3.85. The van der Waals surface area contributed by atoms with Crippen LogP contribution < -0.4 is 0 Å². The largest absolute Gasteiger partial charge is 0.377 e. The summed E-state index contributed by atoms with van der Waals surface area (Å²) in [6.45, 7) is 11.8. The second-order valence-electron chi connectivity index (χ2n) is 6.97. The zero-order chi connectivity index (χ0) is 16.2. The van der Waals surface area contributed by atoms with Gasteiger partial charge in [0.1, 0.15) is 0 Å². The number of nitrogens with zero attached hydrogens (tertiary/aromatic N) is 3. The van der Waals surface area contributed by atoms with Crippen molar-refractivity contribution in [3.05, 3.63) is 35.4 Å². The molecule has 0 aromatic heterocycles. The number of benzene rings is 1. The third-order valence-electron chi connectivity index (χ3n) is 5.35. The predicted molar refractivity (Wildman–Crippen MR) is 94.6 cm³/mol. The third kappa shape index (κ3) is 3.94. The number of ether oxygens (including phenoxy) is 1. The van der Waals surface area contributed by atoms with Crippen LogP contribution >= 0.6 is 0 Å². The van der Waals surface area contributed by atoms with E-state index in [-0.39, 0.29) is 0 Å². The first-order valence-corrected chi connectivity index (χ1v) is 9.01. The Morgan fingerprint density at radius 1 is 1.09 bits per heavy atom. The Kier molecular flexibility index (Phi) is 5.70. The van der Waals surface area contributed by atoms with E-state index in [4.69, 9.17) is 4.74 Å². The topological polar surface area (TPSA) is 19.0 Å². The maximum absolute atomic E-state index is 5.85. The Morgan fingerprint density at radius 3 is 2.43 bits per heavy atom. The Morgan fingerprint density at radius 2 is 1.78 bits per heavy atom. The molecule has 1 aromatic carbocycles. The first kappa shape index (κ1) is 16.9. The molecule has 1 aromatic rings. The number of aryl methyl sites for hydroxylation is 1. The minimum absolute atomic E-state index is 0.420. The van der Waals surface area contributed by atoms with Crippen molar-refractivity contribution in [3.63, 3.8) is 0 Å². The van der Waals surface area contributed by atoms with Crippen molar-refractivity contribution in [1.82, 2.24) is 14.7 Å². The van der Waals surface area contributed by atoms with Gasteiger partial charge < -0.3 is 9.64 Å². The predicted octanol–water partition coefficient (Wildman–Crippen LogP) is 2.35. The van der Waals surface area contributed by atoms with E-state index in [9.17, 15) is 0 Å². The third-order valence-corrected chi connectivity index (χ3v) is 5.35. The van der Waals surface area contributed by atoms with E-state index in [1.807, 2.05) is 0 Å². The molecule has 0 amide bonds. The lowest BCUT2D eigenvalue weighted by Gasteiger charge is -2.48. The van der Waals surface area contributed by atoms with E-state index in [0.717, 1.165) is 52.4 Å². The molecule has 2 fully saturated rings. The summed E-state index contributed by atoms with van der Waals surface area (Å²) in [7, 11) is 2.22. The van der Waals surface area contributed by atoms with Gasteiger partial charge in [-0.25, -0.2) is 0 Å². The van der Waals surface area contributed by atoms with Gasteiger partial charge in [-0.2, -0.15) is 0 Å². The van der Waals surface area contributed by atoms with Crippen LogP contribution in [0.2, 0.25) is 0 Å². The van der Waals surface area contributed by atoms with Crippen LogP contribution in [0.25, 0.3) is 0 Å². The van der Waals surface area contributed by atoms with Gasteiger partial charge in [0.05, 0.1) is 19.4 Å². The highest BCUT2D eigenvalue weighted by Gasteiger charge is 2.34. The highest BCUT2D eigenvalue weighted by molar-refractivity contribution is 5.24. The molecule has 2 unspecified atom stereocenters. The normalized spacial score (nSPS) is 26.3. The Balaban J connectivity index is 1.77. The van der Waals surface area contributed by atoms with Crippen molar-refractivity contribution in [2.75, 3.05) is 53.0 Å². The van der Waals surface area contributed by atoms with E-state index in [0.29, 0.717) is 12.2 Å². The molecule has 4 heteroatoms. The molecule has 2 aliphatic rings. The van der Waals surface area contributed by atoms with Crippen LogP contribution in [0.5, 0.6) is 0 Å². The lowest BCUT2D eigenvalue weighted by molar-refractivity contribution is -0.104. The van der Waals surface area contributed by atoms with Crippen LogP contribution in [0.4, 0.5) is 0 Å². The van der Waals surface area contributed by atoms with E-state index in [1.165, 1.54) is 11.1 Å². The summed E-state index contributed by atoms with van der Waals surface area (Å²) in [6, 6.07) is 9.58. The van der Waals surface area contributed by atoms with Crippen molar-refractivity contribution < 1.29 is 4.74 Å². The van der Waals surface area contributed by atoms with Gasteiger partial charge in [0.15, 0.2) is 0 Å². The van der Waals surface area contributed by atoms with Crippen LogP contribution in [-0.4, -0.2) is 73.9 Å². The van der Waals surface area contributed by atoms with Crippen molar-refractivity contribution in [2.24, 2.45) is 0 Å². The van der Waals surface area contributed by atoms with Crippen molar-refractivity contribution >= 4 is 0 Å². The molecule has 0 saturated carbocycles. The monoisotopic (exact) mass is 317 g/mol. The van der Waals surface area contributed by atoms with Gasteiger partial charge in [0, 0.05) is 38.8 Å². The number of rotatable bonds is 4. The molecule has 0 spiro atoms. The van der Waals surface area contributed by atoms with Crippen LogP contribution in [0.15, 0.2) is 24.3 Å². The van der Waals surface area contributed by atoms with Crippen LogP contribution in [0.1, 0.15) is 30.5 Å². The van der Waals surface area contributed by atoms with E-state index >= 15 is 0 Å². The van der Waals surface area contributed by atoms with Gasteiger partial charge >= 0.3 is 0 Å². The molecule has 0 radical (unpaired) electrons. The molecule has 2 aliphatic heterocycles. The maximum atomic E-state index is 5.85. The fourth-order valence-corrected chi connectivity index (χ4v) is 3.85. The number of hydrogen-bond donors (Lipinski definition) is 0. The smallest absolute Gasteiger partial charge is 0.0870 e. The summed E-state index contributed by atoms with van der Waals surface area (Å²) in [4.78, 5) is 7.72. The van der Waals surface area contributed by atoms with Gasteiger partial charge in [-0.1, -0.05) is 36.8 Å². The second-order valence-corrected chi connectivity index (χ2v) is 6.97. The fraction of sp³-hybridized carbons (Fsp3) is 0.684. The second kappa shape index (κ2) is 7.75. The van der Waals surface area contributed by atoms with Gasteiger partial charge in [0.2, 0.25) is 0 Å². The summed E-state index contributed by atoms with van der Waals surface area (Å²) < 4.78 is 5.85. The zero-order valence-corrected chi connectivity index (χ0v) is 14.9. The number of likely N-dealkylation sites (N-methyl/N-ethyl adjacent to an activating group) is 1. The van der Waals surface area contributed by atoms with E-state index in [1.54, 1.807) is 0 Å². The SMILES string of the molecule is CCC(c1ccc(C)cc1)N1CCOCC1N1CCN(C)CC1. The molecule has 0 aliphatic carbocycles. The maximum Gasteiger partial charge on any atom is 0.0870 e. The number of morpholine rings is 1. The van der Waals surface area contributed by atoms with E-state index < -0.39 is 0 Å². The summed E-state index contributed by atoms with van der Waals surface area (Å²) in [5, 5.41) is 0. The molecule has 2 saturated heterocycles. The zero-order valence-electron chi connectivity index (χ0n) is 14.9. The minimum Gasteiger partial charge on any atom is -0.377 e. The Labute approximate surface area is 141 Å². The molecule has 2 atom stereocenters. The quantitative estimate of drug-likeness (QED) is 0.848. The minimum atomic E-state index is 0.420. The first-order chi connectivity index (χ1) is 11.2. The van der Waals surface area contributed by atoms with Gasteiger partial charge in [-0.05, 0) is 26.0 Å². The molecule has 128 valence electrons. The average Bonchev–Trinajstić information content (AvgIpc) is 2.58. The standard InChI is InChI=1S/C19H31N3O/c1-4-18(17-7-5-16(2)6-8-17)22-13-14-23-15-19(22)21-11-9-20(3)10-12-21/h5-8,18-19H,4,9-15H2,1-3H3. The molecule has 3 rings (SSSR count). The molecule has 2 heterocycles. The van der Waals surface area contributed by atoms with Crippen molar-refractivity contribution in [3.8, 4) is 0 Å². The lowest BCUT2D eigenvalue weighted by atomic mass is 10.00. The van der Waals surface area contributed by atoms with Crippen molar-refractivity contribution in [1.29, 1.82) is 0 Å². The molecule has 4 nitrogen and oxygen atoms in total. The summed E-state index contributed by atoms with van der Waals surface area (Å²) >= 11 is 0. The number of hydrogen-bond acceptors (Lipinski definition) is 4. The molecule has 23 heavy (non-hydrogen) atoms.